The molecule has 0 aromatic heterocycles. The molecule has 2 aromatic rings. The molecular weight excluding hydrogens is 246 g/mol. The van der Waals surface area contributed by atoms with Crippen LogP contribution >= 0.6 is 0 Å². The molecule has 0 spiro atoms. The SMILES string of the molecule is OC(CC1Cc2ccccc21)c1ccc(F)c(F)c1. The average Bonchev–Trinajstić information content (AvgIpc) is 2.39. The molecule has 19 heavy (non-hydrogen) atoms. The van der Waals surface area contributed by atoms with E-state index in [1.54, 1.807) is 0 Å². The van der Waals surface area contributed by atoms with Gasteiger partial charge in [-0.1, -0.05) is 30.3 Å². The maximum absolute atomic E-state index is 13.1. The van der Waals surface area contributed by atoms with E-state index in [0.29, 0.717) is 17.9 Å². The van der Waals surface area contributed by atoms with E-state index in [1.165, 1.54) is 17.2 Å². The van der Waals surface area contributed by atoms with Crippen molar-refractivity contribution in [2.45, 2.75) is 24.9 Å². The van der Waals surface area contributed by atoms with Gasteiger partial charge in [-0.2, -0.15) is 0 Å². The van der Waals surface area contributed by atoms with Crippen molar-refractivity contribution >= 4 is 0 Å². The first-order chi connectivity index (χ1) is 9.15. The van der Waals surface area contributed by atoms with Crippen molar-refractivity contribution in [3.05, 3.63) is 70.8 Å². The summed E-state index contributed by atoms with van der Waals surface area (Å²) in [6.07, 6.45) is 0.729. The Morgan fingerprint density at radius 3 is 2.63 bits per heavy atom. The molecule has 2 aromatic carbocycles. The minimum atomic E-state index is -0.912. The Labute approximate surface area is 110 Å². The molecule has 1 aliphatic carbocycles. The quantitative estimate of drug-likeness (QED) is 0.891. The van der Waals surface area contributed by atoms with Crippen molar-refractivity contribution in [2.24, 2.45) is 0 Å². The van der Waals surface area contributed by atoms with Crippen LogP contribution in [0, 0.1) is 11.6 Å². The predicted octanol–water partition coefficient (Wildman–Crippen LogP) is 3.73. The van der Waals surface area contributed by atoms with Crippen molar-refractivity contribution in [3.8, 4) is 0 Å². The smallest absolute Gasteiger partial charge is 0.159 e. The van der Waals surface area contributed by atoms with Gasteiger partial charge < -0.3 is 5.11 Å². The van der Waals surface area contributed by atoms with E-state index < -0.39 is 17.7 Å². The second-order valence-corrected chi connectivity index (χ2v) is 5.02. The molecule has 1 aliphatic rings. The first-order valence-electron chi connectivity index (χ1n) is 6.36. The largest absolute Gasteiger partial charge is 0.388 e. The molecule has 0 amide bonds. The fraction of sp³-hybridized carbons (Fsp3) is 0.250. The lowest BCUT2D eigenvalue weighted by molar-refractivity contribution is 0.153. The number of fused-ring (bicyclic) bond motifs is 1. The second kappa shape index (κ2) is 4.74. The van der Waals surface area contributed by atoms with Crippen LogP contribution in [-0.4, -0.2) is 5.11 Å². The molecule has 98 valence electrons. The topological polar surface area (TPSA) is 20.2 Å². The van der Waals surface area contributed by atoms with Gasteiger partial charge in [0.2, 0.25) is 0 Å². The maximum Gasteiger partial charge on any atom is 0.159 e. The molecule has 0 saturated carbocycles. The van der Waals surface area contributed by atoms with Crippen LogP contribution in [0.5, 0.6) is 0 Å². The van der Waals surface area contributed by atoms with Crippen LogP contribution < -0.4 is 0 Å². The maximum atomic E-state index is 13.1. The summed E-state index contributed by atoms with van der Waals surface area (Å²) < 4.78 is 26.0. The van der Waals surface area contributed by atoms with E-state index in [1.807, 2.05) is 12.1 Å². The number of aliphatic hydroxyl groups excluding tert-OH is 1. The first kappa shape index (κ1) is 12.3. The van der Waals surface area contributed by atoms with Crippen molar-refractivity contribution in [1.82, 2.24) is 0 Å². The molecule has 0 radical (unpaired) electrons. The molecule has 0 saturated heterocycles. The number of rotatable bonds is 3. The van der Waals surface area contributed by atoms with Gasteiger partial charge in [-0.25, -0.2) is 8.78 Å². The van der Waals surface area contributed by atoms with Crippen LogP contribution in [0.1, 0.15) is 35.1 Å². The Balaban J connectivity index is 1.73. The number of hydrogen-bond acceptors (Lipinski definition) is 1. The zero-order valence-corrected chi connectivity index (χ0v) is 10.3. The Hall–Kier alpha value is -1.74. The summed E-state index contributed by atoms with van der Waals surface area (Å²) in [5.41, 5.74) is 3.00. The van der Waals surface area contributed by atoms with Gasteiger partial charge in [-0.15, -0.1) is 0 Å². The van der Waals surface area contributed by atoms with E-state index in [2.05, 4.69) is 12.1 Å². The number of aliphatic hydroxyl groups is 1. The van der Waals surface area contributed by atoms with E-state index >= 15 is 0 Å². The summed E-state index contributed by atoms with van der Waals surface area (Å²) in [5, 5.41) is 10.1. The molecule has 1 N–H and O–H groups in total. The number of halogens is 2. The van der Waals surface area contributed by atoms with Crippen LogP contribution in [0.25, 0.3) is 0 Å². The Bertz CT molecular complexity index is 609. The third-order valence-corrected chi connectivity index (χ3v) is 3.80. The molecular formula is C16H14F2O. The van der Waals surface area contributed by atoms with E-state index in [-0.39, 0.29) is 0 Å². The highest BCUT2D eigenvalue weighted by Gasteiger charge is 2.28. The Morgan fingerprint density at radius 1 is 1.11 bits per heavy atom. The summed E-state index contributed by atoms with van der Waals surface area (Å²) >= 11 is 0. The van der Waals surface area contributed by atoms with E-state index in [9.17, 15) is 13.9 Å². The van der Waals surface area contributed by atoms with E-state index in [4.69, 9.17) is 0 Å². The zero-order chi connectivity index (χ0) is 13.4. The van der Waals surface area contributed by atoms with Gasteiger partial charge in [0, 0.05) is 0 Å². The van der Waals surface area contributed by atoms with Gasteiger partial charge in [0.15, 0.2) is 11.6 Å². The zero-order valence-electron chi connectivity index (χ0n) is 10.3. The fourth-order valence-electron chi connectivity index (χ4n) is 2.70. The van der Waals surface area contributed by atoms with Crippen LogP contribution in [-0.2, 0) is 6.42 Å². The average molecular weight is 260 g/mol. The molecule has 3 rings (SSSR count). The second-order valence-electron chi connectivity index (χ2n) is 5.02. The normalized spacial score (nSPS) is 18.6. The van der Waals surface area contributed by atoms with Gasteiger partial charge in [-0.05, 0) is 47.6 Å². The van der Waals surface area contributed by atoms with Crippen molar-refractivity contribution in [1.29, 1.82) is 0 Å². The lowest BCUT2D eigenvalue weighted by Gasteiger charge is -2.31. The summed E-state index contributed by atoms with van der Waals surface area (Å²) in [4.78, 5) is 0. The molecule has 1 nitrogen and oxygen atoms in total. The molecule has 2 atom stereocenters. The van der Waals surface area contributed by atoms with E-state index in [0.717, 1.165) is 18.6 Å². The third kappa shape index (κ3) is 2.26. The van der Waals surface area contributed by atoms with Crippen LogP contribution in [0.3, 0.4) is 0 Å². The van der Waals surface area contributed by atoms with Gasteiger partial charge in [0.1, 0.15) is 0 Å². The minimum Gasteiger partial charge on any atom is -0.388 e. The lowest BCUT2D eigenvalue weighted by Crippen LogP contribution is -2.19. The monoisotopic (exact) mass is 260 g/mol. The lowest BCUT2D eigenvalue weighted by atomic mass is 9.74. The minimum absolute atomic E-state index is 0.305. The summed E-state index contributed by atoms with van der Waals surface area (Å²) in [6.45, 7) is 0. The molecule has 0 fully saturated rings. The highest BCUT2D eigenvalue weighted by molar-refractivity contribution is 5.40. The van der Waals surface area contributed by atoms with Crippen LogP contribution in [0.2, 0.25) is 0 Å². The van der Waals surface area contributed by atoms with Crippen LogP contribution in [0.4, 0.5) is 8.78 Å². The predicted molar refractivity (Wildman–Crippen MR) is 68.8 cm³/mol. The van der Waals surface area contributed by atoms with Crippen molar-refractivity contribution in [3.63, 3.8) is 0 Å². The highest BCUT2D eigenvalue weighted by Crippen LogP contribution is 2.40. The van der Waals surface area contributed by atoms with Gasteiger partial charge in [0.25, 0.3) is 0 Å². The number of benzene rings is 2. The Kier molecular flexibility index (Phi) is 3.07. The molecule has 0 bridgehead atoms. The van der Waals surface area contributed by atoms with Gasteiger partial charge >= 0.3 is 0 Å². The molecule has 0 aliphatic heterocycles. The summed E-state index contributed by atoms with van der Waals surface area (Å²) in [5.74, 6) is -1.49. The first-order valence-corrected chi connectivity index (χ1v) is 6.36. The van der Waals surface area contributed by atoms with Gasteiger partial charge in [0.05, 0.1) is 6.10 Å². The summed E-state index contributed by atoms with van der Waals surface area (Å²) in [7, 11) is 0. The fourth-order valence-corrected chi connectivity index (χ4v) is 2.70. The van der Waals surface area contributed by atoms with Crippen molar-refractivity contribution < 1.29 is 13.9 Å². The highest BCUT2D eigenvalue weighted by atomic mass is 19.2. The summed E-state index contributed by atoms with van der Waals surface area (Å²) in [6, 6.07) is 11.7. The van der Waals surface area contributed by atoms with Gasteiger partial charge in [-0.3, -0.25) is 0 Å². The Morgan fingerprint density at radius 2 is 1.89 bits per heavy atom. The molecule has 3 heteroatoms. The molecule has 0 heterocycles. The standard InChI is InChI=1S/C16H14F2O/c17-14-6-5-11(8-15(14)18)16(19)9-12-7-10-3-1-2-4-13(10)12/h1-6,8,12,16,19H,7,9H2. The number of hydrogen-bond donors (Lipinski definition) is 1. The molecule has 2 unspecified atom stereocenters. The van der Waals surface area contributed by atoms with Crippen molar-refractivity contribution in [2.75, 3.05) is 0 Å². The van der Waals surface area contributed by atoms with Crippen LogP contribution in [0.15, 0.2) is 42.5 Å². The third-order valence-electron chi connectivity index (χ3n) is 3.80.